The predicted molar refractivity (Wildman–Crippen MR) is 84.1 cm³/mol. The first-order valence-electron chi connectivity index (χ1n) is 7.16. The number of nitrogens with one attached hydrogen (secondary N) is 1. The van der Waals surface area contributed by atoms with Crippen LogP contribution in [0.15, 0.2) is 36.4 Å². The summed E-state index contributed by atoms with van der Waals surface area (Å²) >= 11 is 0. The van der Waals surface area contributed by atoms with Crippen LogP contribution in [0, 0.1) is 5.92 Å². The van der Waals surface area contributed by atoms with Crippen LogP contribution in [0.5, 0.6) is 5.75 Å². The van der Waals surface area contributed by atoms with Gasteiger partial charge in [0.05, 0.1) is 11.5 Å². The van der Waals surface area contributed by atoms with E-state index < -0.39 is 9.84 Å². The van der Waals surface area contributed by atoms with Gasteiger partial charge in [-0.05, 0) is 35.7 Å². The fourth-order valence-corrected chi connectivity index (χ4v) is 4.81. The molecule has 0 bridgehead atoms. The van der Waals surface area contributed by atoms with Gasteiger partial charge in [-0.15, -0.1) is 0 Å². The second-order valence-electron chi connectivity index (χ2n) is 5.68. The van der Waals surface area contributed by atoms with Gasteiger partial charge >= 0.3 is 0 Å². The summed E-state index contributed by atoms with van der Waals surface area (Å²) in [5, 5.41) is 15.5. The molecule has 0 radical (unpaired) electrons. The first-order valence-corrected chi connectivity index (χ1v) is 8.98. The van der Waals surface area contributed by atoms with Crippen LogP contribution < -0.4 is 5.32 Å². The van der Waals surface area contributed by atoms with E-state index in [1.807, 2.05) is 30.3 Å². The van der Waals surface area contributed by atoms with Crippen molar-refractivity contribution in [3.05, 3.63) is 42.0 Å². The van der Waals surface area contributed by atoms with Gasteiger partial charge in [0.15, 0.2) is 9.84 Å². The molecule has 21 heavy (non-hydrogen) atoms. The topological polar surface area (TPSA) is 66.4 Å². The summed E-state index contributed by atoms with van der Waals surface area (Å²) < 4.78 is 22.9. The Balaban J connectivity index is 1.70. The number of hydrogen-bond donors (Lipinski definition) is 2. The van der Waals surface area contributed by atoms with E-state index in [1.165, 1.54) is 0 Å². The SMILES string of the molecule is O=S1(=O)CCC(CNCc2c(O)ccc3ccccc23)C1. The van der Waals surface area contributed by atoms with E-state index in [4.69, 9.17) is 0 Å². The summed E-state index contributed by atoms with van der Waals surface area (Å²) in [6.07, 6.45) is 0.733. The Bertz CT molecular complexity index is 755. The van der Waals surface area contributed by atoms with Gasteiger partial charge in [-0.1, -0.05) is 30.3 Å². The molecule has 1 aliphatic rings. The van der Waals surface area contributed by atoms with Crippen LogP contribution in [0.25, 0.3) is 10.8 Å². The summed E-state index contributed by atoms with van der Waals surface area (Å²) in [6.45, 7) is 1.21. The molecule has 1 heterocycles. The monoisotopic (exact) mass is 305 g/mol. The van der Waals surface area contributed by atoms with Crippen molar-refractivity contribution >= 4 is 20.6 Å². The minimum absolute atomic E-state index is 0.187. The standard InChI is InChI=1S/C16H19NO3S/c18-16-6-5-13-3-1-2-4-14(13)15(16)10-17-9-12-7-8-21(19,20)11-12/h1-6,12,17-18H,7-11H2. The fraction of sp³-hybridized carbons (Fsp3) is 0.375. The van der Waals surface area contributed by atoms with Crippen molar-refractivity contribution in [3.8, 4) is 5.75 Å². The third kappa shape index (κ3) is 3.19. The van der Waals surface area contributed by atoms with Crippen LogP contribution in [-0.2, 0) is 16.4 Å². The summed E-state index contributed by atoms with van der Waals surface area (Å²) in [4.78, 5) is 0. The molecule has 1 unspecified atom stereocenters. The van der Waals surface area contributed by atoms with E-state index in [-0.39, 0.29) is 17.4 Å². The quantitative estimate of drug-likeness (QED) is 0.907. The van der Waals surface area contributed by atoms with Crippen LogP contribution >= 0.6 is 0 Å². The summed E-state index contributed by atoms with van der Waals surface area (Å²) in [5.41, 5.74) is 0.869. The molecule has 1 fully saturated rings. The molecule has 1 saturated heterocycles. The number of sulfone groups is 1. The van der Waals surface area contributed by atoms with Crippen molar-refractivity contribution in [1.29, 1.82) is 0 Å². The summed E-state index contributed by atoms with van der Waals surface area (Å²) in [6, 6.07) is 11.5. The molecule has 3 rings (SSSR count). The Kier molecular flexibility index (Phi) is 3.87. The van der Waals surface area contributed by atoms with Gasteiger partial charge in [0.25, 0.3) is 0 Å². The molecule has 2 aromatic rings. The lowest BCUT2D eigenvalue weighted by Gasteiger charge is -2.12. The number of hydrogen-bond acceptors (Lipinski definition) is 4. The van der Waals surface area contributed by atoms with E-state index in [9.17, 15) is 13.5 Å². The molecule has 0 spiro atoms. The lowest BCUT2D eigenvalue weighted by atomic mass is 10.0. The Morgan fingerprint density at radius 1 is 1.19 bits per heavy atom. The molecular formula is C16H19NO3S. The molecule has 5 heteroatoms. The number of phenolic OH excluding ortho intramolecular Hbond substituents is 1. The Morgan fingerprint density at radius 2 is 2.00 bits per heavy atom. The van der Waals surface area contributed by atoms with Gasteiger partial charge in [0, 0.05) is 12.1 Å². The first-order chi connectivity index (χ1) is 10.1. The number of phenols is 1. The maximum Gasteiger partial charge on any atom is 0.150 e. The number of rotatable bonds is 4. The lowest BCUT2D eigenvalue weighted by Crippen LogP contribution is -2.23. The van der Waals surface area contributed by atoms with Crippen LogP contribution in [0.3, 0.4) is 0 Å². The minimum atomic E-state index is -2.82. The first kappa shape index (κ1) is 14.4. The molecule has 0 aliphatic carbocycles. The van der Waals surface area contributed by atoms with Gasteiger partial charge < -0.3 is 10.4 Å². The molecule has 1 aliphatic heterocycles. The third-order valence-corrected chi connectivity index (χ3v) is 5.91. The Labute approximate surface area is 124 Å². The highest BCUT2D eigenvalue weighted by Crippen LogP contribution is 2.27. The fourth-order valence-electron chi connectivity index (χ4n) is 2.94. The van der Waals surface area contributed by atoms with E-state index in [1.54, 1.807) is 6.07 Å². The molecule has 4 nitrogen and oxygen atoms in total. The summed E-state index contributed by atoms with van der Waals surface area (Å²) in [5.74, 6) is 1.05. The highest BCUT2D eigenvalue weighted by atomic mass is 32.2. The second kappa shape index (κ2) is 5.66. The largest absolute Gasteiger partial charge is 0.508 e. The summed E-state index contributed by atoms with van der Waals surface area (Å²) in [7, 11) is -2.82. The van der Waals surface area contributed by atoms with Crippen molar-refractivity contribution in [2.45, 2.75) is 13.0 Å². The van der Waals surface area contributed by atoms with Gasteiger partial charge in [0.2, 0.25) is 0 Å². The maximum absolute atomic E-state index is 11.4. The van der Waals surface area contributed by atoms with Gasteiger partial charge in [-0.25, -0.2) is 8.42 Å². The van der Waals surface area contributed by atoms with E-state index >= 15 is 0 Å². The smallest absolute Gasteiger partial charge is 0.150 e. The molecule has 2 N–H and O–H groups in total. The average Bonchev–Trinajstić information content (AvgIpc) is 2.81. The zero-order valence-electron chi connectivity index (χ0n) is 11.7. The van der Waals surface area contributed by atoms with Crippen molar-refractivity contribution in [2.75, 3.05) is 18.1 Å². The molecular weight excluding hydrogens is 286 g/mol. The van der Waals surface area contributed by atoms with E-state index in [2.05, 4.69) is 5.32 Å². The lowest BCUT2D eigenvalue weighted by molar-refractivity contribution is 0.460. The van der Waals surface area contributed by atoms with Crippen molar-refractivity contribution in [3.63, 3.8) is 0 Å². The molecule has 112 valence electrons. The van der Waals surface area contributed by atoms with Crippen LogP contribution in [0.4, 0.5) is 0 Å². The molecule has 0 aromatic heterocycles. The highest BCUT2D eigenvalue weighted by molar-refractivity contribution is 7.91. The van der Waals surface area contributed by atoms with E-state index in [0.717, 1.165) is 22.8 Å². The molecule has 1 atom stereocenters. The Hall–Kier alpha value is -1.59. The second-order valence-corrected chi connectivity index (χ2v) is 7.91. The Morgan fingerprint density at radius 3 is 2.76 bits per heavy atom. The van der Waals surface area contributed by atoms with Crippen molar-refractivity contribution in [1.82, 2.24) is 5.32 Å². The normalized spacial score (nSPS) is 20.9. The van der Waals surface area contributed by atoms with Crippen molar-refractivity contribution in [2.24, 2.45) is 5.92 Å². The highest BCUT2D eigenvalue weighted by Gasteiger charge is 2.27. The maximum atomic E-state index is 11.4. The molecule has 0 saturated carbocycles. The van der Waals surface area contributed by atoms with Crippen LogP contribution in [0.2, 0.25) is 0 Å². The predicted octanol–water partition coefficient (Wildman–Crippen LogP) is 2.07. The number of benzene rings is 2. The number of fused-ring (bicyclic) bond motifs is 1. The molecule has 0 amide bonds. The third-order valence-electron chi connectivity index (χ3n) is 4.08. The molecule has 2 aromatic carbocycles. The van der Waals surface area contributed by atoms with Crippen LogP contribution in [0.1, 0.15) is 12.0 Å². The van der Waals surface area contributed by atoms with Crippen LogP contribution in [-0.4, -0.2) is 31.6 Å². The van der Waals surface area contributed by atoms with E-state index in [0.29, 0.717) is 18.8 Å². The minimum Gasteiger partial charge on any atom is -0.508 e. The number of aromatic hydroxyl groups is 1. The van der Waals surface area contributed by atoms with Gasteiger partial charge in [0.1, 0.15) is 5.75 Å². The van der Waals surface area contributed by atoms with Gasteiger partial charge in [-0.2, -0.15) is 0 Å². The zero-order chi connectivity index (χ0) is 14.9. The zero-order valence-corrected chi connectivity index (χ0v) is 12.6. The van der Waals surface area contributed by atoms with Crippen molar-refractivity contribution < 1.29 is 13.5 Å². The van der Waals surface area contributed by atoms with Gasteiger partial charge in [-0.3, -0.25) is 0 Å². The average molecular weight is 305 g/mol.